The van der Waals surface area contributed by atoms with Crippen LogP contribution >= 0.6 is 0 Å². The molecule has 0 atom stereocenters. The summed E-state index contributed by atoms with van der Waals surface area (Å²) in [6, 6.07) is 29.8. The maximum absolute atomic E-state index is 4.95. The summed E-state index contributed by atoms with van der Waals surface area (Å²) in [5, 5.41) is 3.55. The fourth-order valence-electron chi connectivity index (χ4n) is 4.21. The monoisotopic (exact) mass is 622 g/mol. The van der Waals surface area contributed by atoms with Crippen LogP contribution in [0.1, 0.15) is 34.7 Å². The average Bonchev–Trinajstić information content (AvgIpc) is 2.85. The summed E-state index contributed by atoms with van der Waals surface area (Å²) in [5.74, 6) is 0. The third-order valence-corrected chi connectivity index (χ3v) is 7.73. The number of aliphatic imine (C=N–C) groups is 1. The van der Waals surface area contributed by atoms with Gasteiger partial charge in [0.05, 0.1) is 0 Å². The van der Waals surface area contributed by atoms with Gasteiger partial charge < -0.3 is 0 Å². The number of nitrogens with zero attached hydrogens (tertiary/aromatic N) is 2. The summed E-state index contributed by atoms with van der Waals surface area (Å²) in [5.41, 5.74) is 7.72. The Bertz CT molecular complexity index is 1080. The number of nitrogens with one attached hydrogen (secondary N) is 1. The Morgan fingerprint density at radius 2 is 1.61 bits per heavy atom. The predicted octanol–water partition coefficient (Wildman–Crippen LogP) is 5.92. The Morgan fingerprint density at radius 1 is 1.00 bits per heavy atom. The molecule has 3 nitrogen and oxygen atoms in total. The van der Waals surface area contributed by atoms with Crippen LogP contribution in [0.4, 0.5) is 0 Å². The summed E-state index contributed by atoms with van der Waals surface area (Å²) < 4.78 is 1.31. The first kappa shape index (κ1) is 23.7. The maximum atomic E-state index is 4.95. The number of benzene rings is 3. The van der Waals surface area contributed by atoms with Crippen molar-refractivity contribution in [1.29, 1.82) is 0 Å². The van der Waals surface area contributed by atoms with Gasteiger partial charge in [0.1, 0.15) is 0 Å². The molecule has 1 aliphatic rings. The van der Waals surface area contributed by atoms with Crippen LogP contribution in [0.15, 0.2) is 111 Å². The number of rotatable bonds is 8. The molecule has 0 amide bonds. The minimum absolute atomic E-state index is 0.0199. The molecule has 163 valence electrons. The molecule has 0 aromatic heterocycles. The Morgan fingerprint density at radius 3 is 2.18 bits per heavy atom. The number of aryl methyl sites for hydroxylation is 1. The summed E-state index contributed by atoms with van der Waals surface area (Å²) in [4.78, 5) is 7.47. The van der Waals surface area contributed by atoms with Gasteiger partial charge >= 0.3 is 215 Å². The van der Waals surface area contributed by atoms with E-state index in [2.05, 4.69) is 96.5 Å². The zero-order valence-corrected chi connectivity index (χ0v) is 24.9. The van der Waals surface area contributed by atoms with Gasteiger partial charge in [-0.15, -0.1) is 0 Å². The standard InChI is InChI=1S/C29H30N3.Hg/c1-3-25-21-32(20-24-16-14-23(2)15-17-24)19-18-28(25)30-22-31-29(26-10-6-4-7-11-26)27-12-8-5-9-13-27;/h4-17,22,29H,1,18-21H2,2H3,(H,30,31);. The first-order valence-electron chi connectivity index (χ1n) is 11.5. The summed E-state index contributed by atoms with van der Waals surface area (Å²) in [6.45, 7) is 9.45. The average molecular weight is 621 g/mol. The van der Waals surface area contributed by atoms with Crippen LogP contribution in [0.5, 0.6) is 0 Å². The molecule has 0 radical (unpaired) electrons. The van der Waals surface area contributed by atoms with Crippen molar-refractivity contribution in [3.8, 4) is 0 Å². The van der Waals surface area contributed by atoms with E-state index in [4.69, 9.17) is 4.99 Å². The van der Waals surface area contributed by atoms with Crippen LogP contribution in [-0.2, 0) is 32.7 Å². The van der Waals surface area contributed by atoms with E-state index < -0.39 is 0 Å². The van der Waals surface area contributed by atoms with Crippen LogP contribution in [-0.4, -0.2) is 24.3 Å². The summed E-state index contributed by atoms with van der Waals surface area (Å²) in [6.07, 6.45) is 2.89. The van der Waals surface area contributed by atoms with E-state index in [1.165, 1.54) is 36.6 Å². The minimum atomic E-state index is -0.0199. The van der Waals surface area contributed by atoms with Crippen molar-refractivity contribution < 1.29 is 26.1 Å². The Labute approximate surface area is 213 Å². The van der Waals surface area contributed by atoms with E-state index in [1.807, 2.05) is 18.5 Å². The molecule has 4 rings (SSSR count). The van der Waals surface area contributed by atoms with Gasteiger partial charge in [-0.2, -0.15) is 0 Å². The predicted molar refractivity (Wildman–Crippen MR) is 134 cm³/mol. The van der Waals surface area contributed by atoms with Crippen LogP contribution in [0.3, 0.4) is 0 Å². The Balaban J connectivity index is 1.49. The van der Waals surface area contributed by atoms with Crippen molar-refractivity contribution in [2.24, 2.45) is 4.99 Å². The first-order chi connectivity index (χ1) is 16.1. The molecular formula is C29H30HgN3. The molecule has 0 aliphatic carbocycles. The molecule has 0 unspecified atom stereocenters. The molecule has 3 aromatic rings. The molecule has 0 fully saturated rings. The quantitative estimate of drug-likeness (QED) is 0.192. The molecule has 0 spiro atoms. The van der Waals surface area contributed by atoms with Gasteiger partial charge in [-0.1, -0.05) is 0 Å². The second-order valence-electron chi connectivity index (χ2n) is 8.65. The first-order valence-corrected chi connectivity index (χ1v) is 14.2. The molecule has 1 aliphatic heterocycles. The van der Waals surface area contributed by atoms with Crippen LogP contribution in [0, 0.1) is 6.92 Å². The van der Waals surface area contributed by atoms with E-state index in [0.717, 1.165) is 26.1 Å². The molecule has 0 saturated heterocycles. The zero-order valence-electron chi connectivity index (χ0n) is 19.4. The molecule has 0 bridgehead atoms. The third-order valence-electron chi connectivity index (χ3n) is 6.07. The molecule has 0 saturated carbocycles. The molecular weight excluding hydrogens is 591 g/mol. The molecule has 3 aromatic carbocycles. The van der Waals surface area contributed by atoms with Crippen molar-refractivity contribution >= 4 is 6.34 Å². The van der Waals surface area contributed by atoms with Gasteiger partial charge in [-0.25, -0.2) is 0 Å². The molecule has 33 heavy (non-hydrogen) atoms. The van der Waals surface area contributed by atoms with Crippen molar-refractivity contribution in [1.82, 2.24) is 10.2 Å². The van der Waals surface area contributed by atoms with Crippen LogP contribution < -0.4 is 5.32 Å². The fourth-order valence-corrected chi connectivity index (χ4v) is 5.48. The Hall–Kier alpha value is -2.49. The summed E-state index contributed by atoms with van der Waals surface area (Å²) in [7, 11) is 0. The van der Waals surface area contributed by atoms with Crippen molar-refractivity contribution in [3.05, 3.63) is 128 Å². The van der Waals surface area contributed by atoms with Crippen molar-refractivity contribution in [2.45, 2.75) is 25.9 Å². The summed E-state index contributed by atoms with van der Waals surface area (Å²) >= 11 is 0.509. The van der Waals surface area contributed by atoms with Crippen molar-refractivity contribution in [2.75, 3.05) is 13.1 Å². The van der Waals surface area contributed by atoms with Crippen LogP contribution in [0.25, 0.3) is 0 Å². The topological polar surface area (TPSA) is 27.6 Å². The van der Waals surface area contributed by atoms with Gasteiger partial charge in [-0.3, -0.25) is 0 Å². The number of hydrogen-bond acceptors (Lipinski definition) is 2. The SMILES string of the molecule is C=[C]([Hg])C1=C(NC=NC(c2ccccc2)c2ccccc2)CCN(Cc2ccc(C)cc2)C1. The van der Waals surface area contributed by atoms with Crippen molar-refractivity contribution in [3.63, 3.8) is 0 Å². The Kier molecular flexibility index (Phi) is 8.30. The van der Waals surface area contributed by atoms with E-state index in [1.54, 1.807) is 0 Å². The van der Waals surface area contributed by atoms with Crippen LogP contribution in [0.2, 0.25) is 0 Å². The second kappa shape index (κ2) is 11.6. The second-order valence-corrected chi connectivity index (χ2v) is 12.0. The van der Waals surface area contributed by atoms with E-state index in [0.29, 0.717) is 26.1 Å². The third kappa shape index (κ3) is 6.52. The van der Waals surface area contributed by atoms with Gasteiger partial charge in [-0.05, 0) is 0 Å². The van der Waals surface area contributed by atoms with Gasteiger partial charge in [0.2, 0.25) is 0 Å². The van der Waals surface area contributed by atoms with E-state index >= 15 is 0 Å². The molecule has 1 heterocycles. The van der Waals surface area contributed by atoms with Gasteiger partial charge in [0.25, 0.3) is 0 Å². The number of hydrogen-bond donors (Lipinski definition) is 1. The zero-order chi connectivity index (χ0) is 23.0. The van der Waals surface area contributed by atoms with E-state index in [-0.39, 0.29) is 6.04 Å². The van der Waals surface area contributed by atoms with E-state index in [9.17, 15) is 0 Å². The molecule has 1 N–H and O–H groups in total. The van der Waals surface area contributed by atoms with Gasteiger partial charge in [0, 0.05) is 0 Å². The van der Waals surface area contributed by atoms with Gasteiger partial charge in [0.15, 0.2) is 0 Å². The molecule has 4 heteroatoms. The fraction of sp³-hybridized carbons (Fsp3) is 0.207. The normalized spacial score (nSPS) is 14.8.